The summed E-state index contributed by atoms with van der Waals surface area (Å²) < 4.78 is 5.36. The van der Waals surface area contributed by atoms with E-state index in [9.17, 15) is 5.11 Å². The summed E-state index contributed by atoms with van der Waals surface area (Å²) in [4.78, 5) is 2.08. The summed E-state index contributed by atoms with van der Waals surface area (Å²) >= 11 is 6.03. The molecule has 1 atom stereocenters. The van der Waals surface area contributed by atoms with Crippen LogP contribution in [0.1, 0.15) is 24.2 Å². The first kappa shape index (κ1) is 15.7. The molecule has 21 heavy (non-hydrogen) atoms. The van der Waals surface area contributed by atoms with Crippen LogP contribution >= 0.6 is 11.6 Å². The Bertz CT molecular complexity index is 613. The minimum Gasteiger partial charge on any atom is -0.496 e. The summed E-state index contributed by atoms with van der Waals surface area (Å²) in [5.74, 6) is 0.695. The summed E-state index contributed by atoms with van der Waals surface area (Å²) in [5.41, 5.74) is 2.86. The smallest absolute Gasteiger partial charge is 0.126 e. The predicted molar refractivity (Wildman–Crippen MR) is 87.2 cm³/mol. The molecule has 0 saturated heterocycles. The Labute approximate surface area is 130 Å². The maximum absolute atomic E-state index is 10.0. The van der Waals surface area contributed by atoms with E-state index in [1.54, 1.807) is 14.0 Å². The highest BCUT2D eigenvalue weighted by Gasteiger charge is 2.17. The van der Waals surface area contributed by atoms with Crippen LogP contribution in [0, 0.1) is 0 Å². The summed E-state index contributed by atoms with van der Waals surface area (Å²) in [7, 11) is 3.60. The van der Waals surface area contributed by atoms with E-state index in [0.717, 1.165) is 21.8 Å². The minimum atomic E-state index is -0.599. The first-order valence-electron chi connectivity index (χ1n) is 6.83. The van der Waals surface area contributed by atoms with Crippen LogP contribution in [0.25, 0.3) is 0 Å². The molecule has 0 radical (unpaired) electrons. The molecule has 0 spiro atoms. The Kier molecular flexibility index (Phi) is 5.10. The molecular formula is C17H20ClNO2. The number of halogens is 1. The molecule has 3 nitrogen and oxygen atoms in total. The topological polar surface area (TPSA) is 32.7 Å². The molecule has 4 heteroatoms. The van der Waals surface area contributed by atoms with Crippen LogP contribution in [0.3, 0.4) is 0 Å². The van der Waals surface area contributed by atoms with Gasteiger partial charge in [-0.3, -0.25) is 0 Å². The van der Waals surface area contributed by atoms with Crippen molar-refractivity contribution in [3.63, 3.8) is 0 Å². The zero-order valence-electron chi connectivity index (χ0n) is 12.5. The molecule has 0 unspecified atom stereocenters. The van der Waals surface area contributed by atoms with Crippen LogP contribution in [0.2, 0.25) is 5.02 Å². The summed E-state index contributed by atoms with van der Waals surface area (Å²) in [6.07, 6.45) is -0.599. The Morgan fingerprint density at radius 1 is 1.24 bits per heavy atom. The van der Waals surface area contributed by atoms with Crippen molar-refractivity contribution in [2.24, 2.45) is 0 Å². The molecule has 0 aliphatic rings. The molecule has 0 fully saturated rings. The summed E-state index contributed by atoms with van der Waals surface area (Å²) in [6.45, 7) is 2.45. The first-order chi connectivity index (χ1) is 10.0. The number of rotatable bonds is 5. The Hall–Kier alpha value is -1.71. The fourth-order valence-electron chi connectivity index (χ4n) is 2.46. The molecule has 112 valence electrons. The summed E-state index contributed by atoms with van der Waals surface area (Å²) in [6, 6.07) is 13.5. The molecule has 0 bridgehead atoms. The number of anilines is 1. The maximum Gasteiger partial charge on any atom is 0.126 e. The van der Waals surface area contributed by atoms with Crippen molar-refractivity contribution in [1.82, 2.24) is 0 Å². The number of aliphatic hydroxyl groups is 1. The number of methoxy groups -OCH3 is 1. The van der Waals surface area contributed by atoms with Gasteiger partial charge in [-0.05, 0) is 36.8 Å². The molecule has 0 aliphatic carbocycles. The van der Waals surface area contributed by atoms with Crippen molar-refractivity contribution in [1.29, 1.82) is 0 Å². The van der Waals surface area contributed by atoms with Crippen LogP contribution in [0.5, 0.6) is 5.75 Å². The van der Waals surface area contributed by atoms with E-state index in [1.165, 1.54) is 0 Å². The SMILES string of the molecule is COc1cccc(N(C)Cc2cccc(Cl)c2)c1[C@H](C)O. The lowest BCUT2D eigenvalue weighted by Gasteiger charge is -2.25. The Balaban J connectivity index is 2.32. The van der Waals surface area contributed by atoms with E-state index < -0.39 is 6.10 Å². The molecular weight excluding hydrogens is 286 g/mol. The van der Waals surface area contributed by atoms with Gasteiger partial charge in [0, 0.05) is 29.9 Å². The predicted octanol–water partition coefficient (Wildman–Crippen LogP) is 4.04. The standard InChI is InChI=1S/C17H20ClNO2/c1-12(20)17-15(8-5-9-16(17)21-3)19(2)11-13-6-4-7-14(18)10-13/h4-10,12,20H,11H2,1-3H3/t12-/m0/s1. The number of ether oxygens (including phenoxy) is 1. The summed E-state index contributed by atoms with van der Waals surface area (Å²) in [5, 5.41) is 10.8. The lowest BCUT2D eigenvalue weighted by Crippen LogP contribution is -2.19. The van der Waals surface area contributed by atoms with E-state index in [1.807, 2.05) is 49.5 Å². The van der Waals surface area contributed by atoms with Gasteiger partial charge < -0.3 is 14.7 Å². The fourth-order valence-corrected chi connectivity index (χ4v) is 2.67. The van der Waals surface area contributed by atoms with Gasteiger partial charge in [-0.1, -0.05) is 29.8 Å². The highest BCUT2D eigenvalue weighted by molar-refractivity contribution is 6.30. The molecule has 1 N–H and O–H groups in total. The lowest BCUT2D eigenvalue weighted by molar-refractivity contribution is 0.194. The minimum absolute atomic E-state index is 0.599. The average molecular weight is 306 g/mol. The lowest BCUT2D eigenvalue weighted by atomic mass is 10.1. The van der Waals surface area contributed by atoms with E-state index in [0.29, 0.717) is 12.3 Å². The first-order valence-corrected chi connectivity index (χ1v) is 7.21. The van der Waals surface area contributed by atoms with Gasteiger partial charge in [0.2, 0.25) is 0 Å². The molecule has 0 aliphatic heterocycles. The normalized spacial score (nSPS) is 12.0. The third kappa shape index (κ3) is 3.69. The van der Waals surface area contributed by atoms with E-state index in [2.05, 4.69) is 4.90 Å². The van der Waals surface area contributed by atoms with Gasteiger partial charge in [0.1, 0.15) is 5.75 Å². The van der Waals surface area contributed by atoms with E-state index in [-0.39, 0.29) is 0 Å². The second kappa shape index (κ2) is 6.83. The third-order valence-electron chi connectivity index (χ3n) is 3.40. The van der Waals surface area contributed by atoms with Crippen molar-refractivity contribution in [3.05, 3.63) is 58.6 Å². The van der Waals surface area contributed by atoms with Crippen molar-refractivity contribution < 1.29 is 9.84 Å². The van der Waals surface area contributed by atoms with E-state index >= 15 is 0 Å². The Morgan fingerprint density at radius 2 is 1.95 bits per heavy atom. The second-order valence-electron chi connectivity index (χ2n) is 5.06. The van der Waals surface area contributed by atoms with Gasteiger partial charge in [0.15, 0.2) is 0 Å². The van der Waals surface area contributed by atoms with Crippen molar-refractivity contribution in [3.8, 4) is 5.75 Å². The van der Waals surface area contributed by atoms with Gasteiger partial charge in [0.05, 0.1) is 13.2 Å². The zero-order chi connectivity index (χ0) is 15.4. The van der Waals surface area contributed by atoms with Gasteiger partial charge in [-0.15, -0.1) is 0 Å². The van der Waals surface area contributed by atoms with Crippen LogP contribution in [0.4, 0.5) is 5.69 Å². The quantitative estimate of drug-likeness (QED) is 0.905. The molecule has 0 saturated carbocycles. The monoisotopic (exact) mass is 305 g/mol. The largest absolute Gasteiger partial charge is 0.496 e. The van der Waals surface area contributed by atoms with Crippen LogP contribution < -0.4 is 9.64 Å². The molecule has 2 aromatic rings. The number of benzene rings is 2. The molecule has 0 amide bonds. The molecule has 2 rings (SSSR count). The highest BCUT2D eigenvalue weighted by Crippen LogP contribution is 2.34. The maximum atomic E-state index is 10.0. The van der Waals surface area contributed by atoms with Gasteiger partial charge in [-0.25, -0.2) is 0 Å². The molecule has 0 aromatic heterocycles. The van der Waals surface area contributed by atoms with Crippen molar-refractivity contribution >= 4 is 17.3 Å². The van der Waals surface area contributed by atoms with Crippen molar-refractivity contribution in [2.75, 3.05) is 19.1 Å². The number of hydrogen-bond acceptors (Lipinski definition) is 3. The van der Waals surface area contributed by atoms with Gasteiger partial charge in [0.25, 0.3) is 0 Å². The second-order valence-corrected chi connectivity index (χ2v) is 5.49. The number of aliphatic hydroxyl groups excluding tert-OH is 1. The highest BCUT2D eigenvalue weighted by atomic mass is 35.5. The fraction of sp³-hybridized carbons (Fsp3) is 0.294. The van der Waals surface area contributed by atoms with Crippen LogP contribution in [-0.4, -0.2) is 19.3 Å². The van der Waals surface area contributed by atoms with Crippen LogP contribution in [-0.2, 0) is 6.54 Å². The number of hydrogen-bond donors (Lipinski definition) is 1. The third-order valence-corrected chi connectivity index (χ3v) is 3.64. The number of nitrogens with zero attached hydrogens (tertiary/aromatic N) is 1. The Morgan fingerprint density at radius 3 is 2.57 bits per heavy atom. The van der Waals surface area contributed by atoms with Gasteiger partial charge in [-0.2, -0.15) is 0 Å². The van der Waals surface area contributed by atoms with Crippen molar-refractivity contribution in [2.45, 2.75) is 19.6 Å². The molecule has 0 heterocycles. The average Bonchev–Trinajstić information content (AvgIpc) is 2.46. The van der Waals surface area contributed by atoms with Gasteiger partial charge >= 0.3 is 0 Å². The molecule has 2 aromatic carbocycles. The van der Waals surface area contributed by atoms with Crippen LogP contribution in [0.15, 0.2) is 42.5 Å². The van der Waals surface area contributed by atoms with E-state index in [4.69, 9.17) is 16.3 Å². The zero-order valence-corrected chi connectivity index (χ0v) is 13.3.